The molecule has 0 saturated carbocycles. The first kappa shape index (κ1) is 24.3. The maximum absolute atomic E-state index is 13.5. The SMILES string of the molecule is CC(C)OC(=O)COc1ccc(Cl)cc1C=Nn1c(-c2cc3ccccc3o2)nc2ccccc2c1=O. The number of carbonyl (C=O) groups excluding carboxylic acids is 1. The molecule has 5 aromatic rings. The summed E-state index contributed by atoms with van der Waals surface area (Å²) in [5.41, 5.74) is 1.27. The first-order valence-corrected chi connectivity index (χ1v) is 11.9. The predicted octanol–water partition coefficient (Wildman–Crippen LogP) is 5.68. The van der Waals surface area contributed by atoms with Crippen LogP contribution in [0.4, 0.5) is 0 Å². The minimum atomic E-state index is -0.505. The predicted molar refractivity (Wildman–Crippen MR) is 142 cm³/mol. The number of fused-ring (bicyclic) bond motifs is 2. The maximum atomic E-state index is 13.5. The van der Waals surface area contributed by atoms with Gasteiger partial charge in [0.25, 0.3) is 5.56 Å². The van der Waals surface area contributed by atoms with E-state index in [0.29, 0.717) is 38.6 Å². The van der Waals surface area contributed by atoms with E-state index in [1.807, 2.05) is 36.4 Å². The lowest BCUT2D eigenvalue weighted by Gasteiger charge is -2.11. The van der Waals surface area contributed by atoms with E-state index in [2.05, 4.69) is 10.1 Å². The van der Waals surface area contributed by atoms with Gasteiger partial charge in [0.05, 0.1) is 23.2 Å². The first-order chi connectivity index (χ1) is 17.9. The zero-order valence-electron chi connectivity index (χ0n) is 20.1. The molecule has 0 aliphatic rings. The normalized spacial score (nSPS) is 11.6. The monoisotopic (exact) mass is 515 g/mol. The second-order valence-electron chi connectivity index (χ2n) is 8.47. The van der Waals surface area contributed by atoms with Crippen LogP contribution in [0.1, 0.15) is 19.4 Å². The fourth-order valence-corrected chi connectivity index (χ4v) is 3.97. The number of halogens is 1. The van der Waals surface area contributed by atoms with Gasteiger partial charge < -0.3 is 13.9 Å². The van der Waals surface area contributed by atoms with E-state index in [1.54, 1.807) is 50.2 Å². The van der Waals surface area contributed by atoms with Gasteiger partial charge in [-0.3, -0.25) is 4.79 Å². The number of benzene rings is 3. The van der Waals surface area contributed by atoms with E-state index in [9.17, 15) is 9.59 Å². The topological polar surface area (TPSA) is 95.9 Å². The van der Waals surface area contributed by atoms with Crippen molar-refractivity contribution in [1.29, 1.82) is 0 Å². The van der Waals surface area contributed by atoms with Crippen molar-refractivity contribution < 1.29 is 18.7 Å². The van der Waals surface area contributed by atoms with E-state index in [1.165, 1.54) is 10.9 Å². The molecule has 8 nitrogen and oxygen atoms in total. The third-order valence-electron chi connectivity index (χ3n) is 5.40. The van der Waals surface area contributed by atoms with Gasteiger partial charge in [-0.05, 0) is 56.3 Å². The molecule has 0 saturated heterocycles. The van der Waals surface area contributed by atoms with Crippen LogP contribution in [-0.2, 0) is 9.53 Å². The summed E-state index contributed by atoms with van der Waals surface area (Å²) in [5, 5.41) is 6.15. The molecule has 0 bridgehead atoms. The van der Waals surface area contributed by atoms with Gasteiger partial charge in [-0.25, -0.2) is 9.78 Å². The molecule has 0 spiro atoms. The van der Waals surface area contributed by atoms with E-state index in [-0.39, 0.29) is 24.1 Å². The van der Waals surface area contributed by atoms with Crippen LogP contribution in [0.15, 0.2) is 87.1 Å². The summed E-state index contributed by atoms with van der Waals surface area (Å²) in [4.78, 5) is 30.1. The van der Waals surface area contributed by atoms with Crippen molar-refractivity contribution in [1.82, 2.24) is 9.66 Å². The lowest BCUT2D eigenvalue weighted by molar-refractivity contribution is -0.149. The van der Waals surface area contributed by atoms with Crippen molar-refractivity contribution in [3.63, 3.8) is 0 Å². The molecule has 2 aromatic heterocycles. The zero-order chi connectivity index (χ0) is 25.9. The van der Waals surface area contributed by atoms with Crippen LogP contribution in [0, 0.1) is 0 Å². The Morgan fingerprint density at radius 3 is 2.70 bits per heavy atom. The summed E-state index contributed by atoms with van der Waals surface area (Å²) < 4.78 is 18.0. The molecular weight excluding hydrogens is 494 g/mol. The molecule has 0 amide bonds. The van der Waals surface area contributed by atoms with Crippen molar-refractivity contribution in [3.8, 4) is 17.3 Å². The lowest BCUT2D eigenvalue weighted by Crippen LogP contribution is -2.20. The molecule has 0 atom stereocenters. The third kappa shape index (κ3) is 5.24. The minimum absolute atomic E-state index is 0.237. The Morgan fingerprint density at radius 1 is 1.11 bits per heavy atom. The summed E-state index contributed by atoms with van der Waals surface area (Å²) >= 11 is 6.21. The summed E-state index contributed by atoms with van der Waals surface area (Å²) in [6, 6.07) is 21.2. The van der Waals surface area contributed by atoms with Crippen molar-refractivity contribution in [2.45, 2.75) is 20.0 Å². The number of hydrogen-bond donors (Lipinski definition) is 0. The van der Waals surface area contributed by atoms with E-state index < -0.39 is 5.97 Å². The first-order valence-electron chi connectivity index (χ1n) is 11.6. The standard InChI is InChI=1S/C28H22ClN3O5/c1-17(2)36-26(33)16-35-23-12-11-20(29)13-19(23)15-30-32-27(25-14-18-7-3-6-10-24(18)37-25)31-22-9-5-4-8-21(22)28(32)34/h3-15,17H,16H2,1-2H3. The van der Waals surface area contributed by atoms with Gasteiger partial charge in [0.15, 0.2) is 12.4 Å². The number of ether oxygens (including phenoxy) is 2. The summed E-state index contributed by atoms with van der Waals surface area (Å²) in [6.07, 6.45) is 1.17. The molecule has 37 heavy (non-hydrogen) atoms. The Balaban J connectivity index is 1.59. The molecule has 0 radical (unpaired) electrons. The Morgan fingerprint density at radius 2 is 1.89 bits per heavy atom. The Hall–Kier alpha value is -4.43. The highest BCUT2D eigenvalue weighted by Crippen LogP contribution is 2.27. The van der Waals surface area contributed by atoms with Crippen LogP contribution in [0.25, 0.3) is 33.5 Å². The van der Waals surface area contributed by atoms with E-state index in [0.717, 1.165) is 5.39 Å². The smallest absolute Gasteiger partial charge is 0.344 e. The van der Waals surface area contributed by atoms with Crippen molar-refractivity contribution in [3.05, 3.63) is 93.7 Å². The van der Waals surface area contributed by atoms with Crippen LogP contribution in [0.2, 0.25) is 5.02 Å². The molecule has 0 unspecified atom stereocenters. The fraction of sp³-hybridized carbons (Fsp3) is 0.143. The summed E-state index contributed by atoms with van der Waals surface area (Å²) in [6.45, 7) is 3.22. The number of esters is 1. The molecule has 0 fully saturated rings. The summed E-state index contributed by atoms with van der Waals surface area (Å²) in [7, 11) is 0. The van der Waals surface area contributed by atoms with Gasteiger partial charge in [-0.1, -0.05) is 41.9 Å². The average Bonchev–Trinajstić information content (AvgIpc) is 3.31. The Kier molecular flexibility index (Phi) is 6.74. The molecule has 5 rings (SSSR count). The molecular formula is C28H22ClN3O5. The van der Waals surface area contributed by atoms with Crippen molar-refractivity contribution in [2.24, 2.45) is 5.10 Å². The quantitative estimate of drug-likeness (QED) is 0.204. The molecule has 0 aliphatic carbocycles. The van der Waals surface area contributed by atoms with Crippen molar-refractivity contribution >= 4 is 45.7 Å². The van der Waals surface area contributed by atoms with Gasteiger partial charge in [0.1, 0.15) is 11.3 Å². The molecule has 3 aromatic carbocycles. The largest absolute Gasteiger partial charge is 0.481 e. The number of nitrogens with zero attached hydrogens (tertiary/aromatic N) is 3. The number of rotatable bonds is 7. The second-order valence-corrected chi connectivity index (χ2v) is 8.91. The van der Waals surface area contributed by atoms with E-state index >= 15 is 0 Å². The summed E-state index contributed by atoms with van der Waals surface area (Å²) in [5.74, 6) is 0.470. The van der Waals surface area contributed by atoms with Gasteiger partial charge in [0, 0.05) is 16.0 Å². The minimum Gasteiger partial charge on any atom is -0.481 e. The third-order valence-corrected chi connectivity index (χ3v) is 5.63. The van der Waals surface area contributed by atoms with Crippen molar-refractivity contribution in [2.75, 3.05) is 6.61 Å². The van der Waals surface area contributed by atoms with E-state index in [4.69, 9.17) is 25.5 Å². The van der Waals surface area contributed by atoms with Crippen LogP contribution in [0.3, 0.4) is 0 Å². The van der Waals surface area contributed by atoms with Crippen LogP contribution in [0.5, 0.6) is 5.75 Å². The van der Waals surface area contributed by atoms with Gasteiger partial charge >= 0.3 is 5.97 Å². The molecule has 186 valence electrons. The molecule has 0 aliphatic heterocycles. The molecule has 2 heterocycles. The molecule has 9 heteroatoms. The number of carbonyl (C=O) groups is 1. The van der Waals surface area contributed by atoms with Crippen LogP contribution >= 0.6 is 11.6 Å². The van der Waals surface area contributed by atoms with Gasteiger partial charge in [-0.2, -0.15) is 9.78 Å². The highest BCUT2D eigenvalue weighted by Gasteiger charge is 2.17. The number of para-hydroxylation sites is 2. The fourth-order valence-electron chi connectivity index (χ4n) is 3.79. The zero-order valence-corrected chi connectivity index (χ0v) is 20.8. The second kappa shape index (κ2) is 10.3. The highest BCUT2D eigenvalue weighted by atomic mass is 35.5. The average molecular weight is 516 g/mol. The number of hydrogen-bond acceptors (Lipinski definition) is 7. The highest BCUT2D eigenvalue weighted by molar-refractivity contribution is 6.30. The Labute approximate surface area is 216 Å². The number of aromatic nitrogens is 2. The van der Waals surface area contributed by atoms with Crippen LogP contribution in [-0.4, -0.2) is 34.6 Å². The van der Waals surface area contributed by atoms with Crippen LogP contribution < -0.4 is 10.3 Å². The molecule has 0 N–H and O–H groups in total. The Bertz CT molecular complexity index is 1670. The maximum Gasteiger partial charge on any atom is 0.344 e. The number of furan rings is 1. The lowest BCUT2D eigenvalue weighted by atomic mass is 10.2. The van der Waals surface area contributed by atoms with Gasteiger partial charge in [-0.15, -0.1) is 0 Å². The van der Waals surface area contributed by atoms with Gasteiger partial charge in [0.2, 0.25) is 5.82 Å².